The zero-order valence-electron chi connectivity index (χ0n) is 13.8. The molecule has 0 aliphatic heterocycles. The fourth-order valence-corrected chi connectivity index (χ4v) is 3.49. The summed E-state index contributed by atoms with van der Waals surface area (Å²) in [5, 5.41) is 8.82. The third-order valence-electron chi connectivity index (χ3n) is 4.09. The molecule has 128 valence electrons. The van der Waals surface area contributed by atoms with Crippen molar-refractivity contribution in [3.63, 3.8) is 0 Å². The minimum absolute atomic E-state index is 0.356. The van der Waals surface area contributed by atoms with Crippen LogP contribution in [0.3, 0.4) is 0 Å². The predicted octanol–water partition coefficient (Wildman–Crippen LogP) is 4.32. The van der Waals surface area contributed by atoms with Crippen molar-refractivity contribution >= 4 is 10.1 Å². The van der Waals surface area contributed by atoms with E-state index in [0.29, 0.717) is 32.1 Å². The Morgan fingerprint density at radius 1 is 0.810 bits per heavy atom. The summed E-state index contributed by atoms with van der Waals surface area (Å²) < 4.78 is 32.0. The Balaban J connectivity index is 3.88. The van der Waals surface area contributed by atoms with Crippen LogP contribution in [0.5, 0.6) is 0 Å². The van der Waals surface area contributed by atoms with Crippen LogP contribution >= 0.6 is 0 Å². The van der Waals surface area contributed by atoms with Crippen molar-refractivity contribution < 1.29 is 18.1 Å². The first kappa shape index (κ1) is 20.9. The SMILES string of the molecule is CCCCCCCCCC(CCCC(O)CC)S(=O)(=O)O. The van der Waals surface area contributed by atoms with E-state index in [4.69, 9.17) is 0 Å². The summed E-state index contributed by atoms with van der Waals surface area (Å²) in [7, 11) is -3.95. The molecule has 0 aliphatic carbocycles. The molecule has 0 aliphatic rings. The first-order chi connectivity index (χ1) is 9.91. The maximum Gasteiger partial charge on any atom is 0.267 e. The van der Waals surface area contributed by atoms with E-state index in [1.54, 1.807) is 0 Å². The number of hydrogen-bond acceptors (Lipinski definition) is 3. The van der Waals surface area contributed by atoms with Gasteiger partial charge >= 0.3 is 0 Å². The molecule has 2 N–H and O–H groups in total. The van der Waals surface area contributed by atoms with Gasteiger partial charge in [-0.3, -0.25) is 4.55 Å². The van der Waals surface area contributed by atoms with E-state index in [9.17, 15) is 18.1 Å². The molecule has 0 amide bonds. The summed E-state index contributed by atoms with van der Waals surface area (Å²) in [6.45, 7) is 4.09. The first-order valence-corrected chi connectivity index (χ1v) is 10.1. The fourth-order valence-electron chi connectivity index (χ4n) is 2.56. The van der Waals surface area contributed by atoms with Gasteiger partial charge in [-0.2, -0.15) is 8.42 Å². The smallest absolute Gasteiger partial charge is 0.267 e. The van der Waals surface area contributed by atoms with Crippen LogP contribution in [0.25, 0.3) is 0 Å². The highest BCUT2D eigenvalue weighted by atomic mass is 32.2. The summed E-state index contributed by atoms with van der Waals surface area (Å²) in [5.74, 6) is 0. The second kappa shape index (κ2) is 12.4. The van der Waals surface area contributed by atoms with Gasteiger partial charge in [-0.25, -0.2) is 0 Å². The topological polar surface area (TPSA) is 74.6 Å². The van der Waals surface area contributed by atoms with Crippen molar-refractivity contribution in [2.24, 2.45) is 0 Å². The Morgan fingerprint density at radius 3 is 1.86 bits per heavy atom. The normalized spacial score (nSPS) is 15.0. The van der Waals surface area contributed by atoms with Crippen molar-refractivity contribution in [3.05, 3.63) is 0 Å². The zero-order valence-corrected chi connectivity index (χ0v) is 14.6. The maximum atomic E-state index is 11.4. The van der Waals surface area contributed by atoms with Gasteiger partial charge in [-0.15, -0.1) is 0 Å². The fraction of sp³-hybridized carbons (Fsp3) is 1.00. The standard InChI is InChI=1S/C16H34O4S/c1-3-5-6-7-8-9-10-13-16(21(18,19)20)14-11-12-15(17)4-2/h15-17H,3-14H2,1-2H3,(H,18,19,20). The summed E-state index contributed by atoms with van der Waals surface area (Å²) in [6.07, 6.45) is 10.6. The predicted molar refractivity (Wildman–Crippen MR) is 88.1 cm³/mol. The summed E-state index contributed by atoms with van der Waals surface area (Å²) in [5.41, 5.74) is 0. The second-order valence-electron chi connectivity index (χ2n) is 6.04. The van der Waals surface area contributed by atoms with E-state index in [0.717, 1.165) is 19.3 Å². The molecule has 0 saturated heterocycles. The van der Waals surface area contributed by atoms with Crippen LogP contribution in [0.2, 0.25) is 0 Å². The van der Waals surface area contributed by atoms with Crippen molar-refractivity contribution in [2.45, 2.75) is 102 Å². The second-order valence-corrected chi connectivity index (χ2v) is 7.74. The van der Waals surface area contributed by atoms with Crippen LogP contribution in [-0.2, 0) is 10.1 Å². The maximum absolute atomic E-state index is 11.4. The van der Waals surface area contributed by atoms with Crippen molar-refractivity contribution in [1.29, 1.82) is 0 Å². The van der Waals surface area contributed by atoms with E-state index >= 15 is 0 Å². The van der Waals surface area contributed by atoms with Crippen LogP contribution in [0.15, 0.2) is 0 Å². The van der Waals surface area contributed by atoms with Gasteiger partial charge in [-0.1, -0.05) is 58.8 Å². The van der Waals surface area contributed by atoms with Gasteiger partial charge in [0.15, 0.2) is 0 Å². The molecular formula is C16H34O4S. The van der Waals surface area contributed by atoms with Crippen LogP contribution in [-0.4, -0.2) is 29.4 Å². The van der Waals surface area contributed by atoms with Gasteiger partial charge in [0.05, 0.1) is 11.4 Å². The molecule has 0 rings (SSSR count). The number of rotatable bonds is 14. The molecule has 21 heavy (non-hydrogen) atoms. The lowest BCUT2D eigenvalue weighted by Gasteiger charge is -2.15. The van der Waals surface area contributed by atoms with Gasteiger partial charge in [-0.05, 0) is 32.1 Å². The van der Waals surface area contributed by atoms with Crippen molar-refractivity contribution in [1.82, 2.24) is 0 Å². The molecule has 0 aromatic rings. The number of unbranched alkanes of at least 4 members (excludes halogenated alkanes) is 6. The summed E-state index contributed by atoms with van der Waals surface area (Å²) in [4.78, 5) is 0. The van der Waals surface area contributed by atoms with Gasteiger partial charge < -0.3 is 5.11 Å². The molecule has 0 heterocycles. The summed E-state index contributed by atoms with van der Waals surface area (Å²) in [6, 6.07) is 0. The van der Waals surface area contributed by atoms with Gasteiger partial charge in [0.25, 0.3) is 10.1 Å². The van der Waals surface area contributed by atoms with E-state index in [2.05, 4.69) is 6.92 Å². The molecule has 0 aromatic heterocycles. The Labute approximate surface area is 131 Å². The third kappa shape index (κ3) is 12.1. The number of hydrogen-bond donors (Lipinski definition) is 2. The lowest BCUT2D eigenvalue weighted by Crippen LogP contribution is -2.21. The highest BCUT2D eigenvalue weighted by Gasteiger charge is 2.22. The van der Waals surface area contributed by atoms with Crippen molar-refractivity contribution in [3.8, 4) is 0 Å². The average molecular weight is 323 g/mol. The van der Waals surface area contributed by atoms with Gasteiger partial charge in [0.1, 0.15) is 0 Å². The lowest BCUT2D eigenvalue weighted by molar-refractivity contribution is 0.156. The highest BCUT2D eigenvalue weighted by molar-refractivity contribution is 7.86. The molecular weight excluding hydrogens is 288 g/mol. The molecule has 0 saturated carbocycles. The van der Waals surface area contributed by atoms with E-state index in [1.807, 2.05) is 6.92 Å². The van der Waals surface area contributed by atoms with Crippen LogP contribution in [0.1, 0.15) is 90.9 Å². The van der Waals surface area contributed by atoms with Crippen molar-refractivity contribution in [2.75, 3.05) is 0 Å². The third-order valence-corrected chi connectivity index (χ3v) is 5.40. The van der Waals surface area contributed by atoms with Crippen LogP contribution < -0.4 is 0 Å². The van der Waals surface area contributed by atoms with E-state index in [1.165, 1.54) is 25.7 Å². The minimum atomic E-state index is -3.95. The highest BCUT2D eigenvalue weighted by Crippen LogP contribution is 2.19. The zero-order chi connectivity index (χ0) is 16.1. The van der Waals surface area contributed by atoms with Crippen LogP contribution in [0.4, 0.5) is 0 Å². The molecule has 0 fully saturated rings. The van der Waals surface area contributed by atoms with Gasteiger partial charge in [0.2, 0.25) is 0 Å². The largest absolute Gasteiger partial charge is 0.393 e. The molecule has 0 aromatic carbocycles. The Morgan fingerprint density at radius 2 is 1.33 bits per heavy atom. The Hall–Kier alpha value is -0.130. The van der Waals surface area contributed by atoms with Crippen LogP contribution in [0, 0.1) is 0 Å². The molecule has 5 heteroatoms. The molecule has 2 atom stereocenters. The average Bonchev–Trinajstić information content (AvgIpc) is 2.42. The van der Waals surface area contributed by atoms with E-state index in [-0.39, 0.29) is 6.10 Å². The summed E-state index contributed by atoms with van der Waals surface area (Å²) >= 11 is 0. The molecule has 4 nitrogen and oxygen atoms in total. The molecule has 2 unspecified atom stereocenters. The quantitative estimate of drug-likeness (QED) is 0.369. The molecule has 0 radical (unpaired) electrons. The Bertz CT molecular complexity index is 327. The molecule has 0 bridgehead atoms. The van der Waals surface area contributed by atoms with E-state index < -0.39 is 15.4 Å². The lowest BCUT2D eigenvalue weighted by atomic mass is 10.0. The van der Waals surface area contributed by atoms with Gasteiger partial charge in [0, 0.05) is 0 Å². The minimum Gasteiger partial charge on any atom is -0.393 e. The first-order valence-electron chi connectivity index (χ1n) is 8.56. The molecule has 0 spiro atoms. The number of aliphatic hydroxyl groups is 1. The Kier molecular flexibility index (Phi) is 12.3. The monoisotopic (exact) mass is 322 g/mol. The number of aliphatic hydroxyl groups excluding tert-OH is 1.